The number of hydrogen-bond acceptors (Lipinski definition) is 3. The second-order valence-corrected chi connectivity index (χ2v) is 6.88. The van der Waals surface area contributed by atoms with Gasteiger partial charge in [0.05, 0.1) is 6.54 Å². The van der Waals surface area contributed by atoms with E-state index in [9.17, 15) is 0 Å². The van der Waals surface area contributed by atoms with Crippen molar-refractivity contribution < 1.29 is 4.74 Å². The highest BCUT2D eigenvalue weighted by atomic mass is 35.5. The quantitative estimate of drug-likeness (QED) is 0.406. The Bertz CT molecular complexity index is 482. The molecule has 5 nitrogen and oxygen atoms in total. The van der Waals surface area contributed by atoms with E-state index < -0.39 is 0 Å². The Balaban J connectivity index is 2.26. The standard InChI is InChI=1S/C17H29ClN4O/c1-13(23-15-8-6-14(18)7-9-15)12-21-16(19-5)20-10-11-22-17(2,3)4/h6-9,13,22H,10-12H2,1-5H3,(H2,19,20,21). The molecule has 1 rings (SSSR count). The van der Waals surface area contributed by atoms with E-state index in [0.717, 1.165) is 24.8 Å². The minimum atomic E-state index is 0.0161. The van der Waals surface area contributed by atoms with Gasteiger partial charge in [-0.2, -0.15) is 0 Å². The fraction of sp³-hybridized carbons (Fsp3) is 0.588. The van der Waals surface area contributed by atoms with Crippen LogP contribution >= 0.6 is 11.6 Å². The van der Waals surface area contributed by atoms with Gasteiger partial charge in [0.25, 0.3) is 0 Å². The minimum absolute atomic E-state index is 0.0161. The van der Waals surface area contributed by atoms with Gasteiger partial charge < -0.3 is 20.7 Å². The van der Waals surface area contributed by atoms with Crippen LogP contribution in [0.25, 0.3) is 0 Å². The summed E-state index contributed by atoms with van der Waals surface area (Å²) in [5, 5.41) is 10.7. The van der Waals surface area contributed by atoms with Gasteiger partial charge in [0.15, 0.2) is 5.96 Å². The lowest BCUT2D eigenvalue weighted by atomic mass is 10.1. The van der Waals surface area contributed by atoms with Crippen LogP contribution in [0.5, 0.6) is 5.75 Å². The molecule has 0 bridgehead atoms. The predicted octanol–water partition coefficient (Wildman–Crippen LogP) is 2.66. The van der Waals surface area contributed by atoms with E-state index in [-0.39, 0.29) is 11.6 Å². The topological polar surface area (TPSA) is 57.7 Å². The Kier molecular flexibility index (Phi) is 8.20. The lowest BCUT2D eigenvalue weighted by molar-refractivity contribution is 0.224. The summed E-state index contributed by atoms with van der Waals surface area (Å²) in [6, 6.07) is 7.37. The smallest absolute Gasteiger partial charge is 0.191 e. The summed E-state index contributed by atoms with van der Waals surface area (Å²) >= 11 is 5.86. The van der Waals surface area contributed by atoms with Crippen molar-refractivity contribution in [2.45, 2.75) is 39.3 Å². The third-order valence-corrected chi connectivity index (χ3v) is 3.26. The molecular weight excluding hydrogens is 312 g/mol. The highest BCUT2D eigenvalue weighted by Crippen LogP contribution is 2.16. The second kappa shape index (κ2) is 9.63. The zero-order valence-electron chi connectivity index (χ0n) is 14.7. The number of rotatable bonds is 7. The van der Waals surface area contributed by atoms with Gasteiger partial charge in [0, 0.05) is 30.7 Å². The van der Waals surface area contributed by atoms with Gasteiger partial charge >= 0.3 is 0 Å². The molecule has 0 radical (unpaired) electrons. The molecule has 6 heteroatoms. The van der Waals surface area contributed by atoms with E-state index in [1.807, 2.05) is 31.2 Å². The largest absolute Gasteiger partial charge is 0.489 e. The fourth-order valence-corrected chi connectivity index (χ4v) is 1.99. The van der Waals surface area contributed by atoms with E-state index in [2.05, 4.69) is 41.7 Å². The Labute approximate surface area is 144 Å². The van der Waals surface area contributed by atoms with Crippen LogP contribution in [0.4, 0.5) is 0 Å². The van der Waals surface area contributed by atoms with Crippen LogP contribution < -0.4 is 20.7 Å². The molecule has 0 aromatic heterocycles. The SMILES string of the molecule is CN=C(NCCNC(C)(C)C)NCC(C)Oc1ccc(Cl)cc1. The van der Waals surface area contributed by atoms with Crippen LogP contribution in [-0.2, 0) is 0 Å². The Hall–Kier alpha value is -1.46. The molecule has 1 aromatic carbocycles. The number of guanidine groups is 1. The molecule has 23 heavy (non-hydrogen) atoms. The van der Waals surface area contributed by atoms with Crippen molar-refractivity contribution in [3.63, 3.8) is 0 Å². The van der Waals surface area contributed by atoms with Gasteiger partial charge in [-0.1, -0.05) is 11.6 Å². The van der Waals surface area contributed by atoms with Gasteiger partial charge in [-0.15, -0.1) is 0 Å². The second-order valence-electron chi connectivity index (χ2n) is 6.44. The van der Waals surface area contributed by atoms with Crippen LogP contribution in [0.2, 0.25) is 5.02 Å². The monoisotopic (exact) mass is 340 g/mol. The number of aliphatic imine (C=N–C) groups is 1. The van der Waals surface area contributed by atoms with Gasteiger partial charge in [0.1, 0.15) is 11.9 Å². The molecular formula is C17H29ClN4O. The van der Waals surface area contributed by atoms with E-state index in [1.54, 1.807) is 7.05 Å². The van der Waals surface area contributed by atoms with Crippen molar-refractivity contribution in [2.75, 3.05) is 26.7 Å². The Morgan fingerprint density at radius 2 is 1.83 bits per heavy atom. The average molecular weight is 341 g/mol. The van der Waals surface area contributed by atoms with Crippen molar-refractivity contribution in [3.05, 3.63) is 29.3 Å². The van der Waals surface area contributed by atoms with Crippen LogP contribution in [0, 0.1) is 0 Å². The summed E-state index contributed by atoms with van der Waals surface area (Å²) in [4.78, 5) is 4.21. The van der Waals surface area contributed by atoms with Gasteiger partial charge in [0.2, 0.25) is 0 Å². The lowest BCUT2D eigenvalue weighted by Gasteiger charge is -2.21. The zero-order valence-corrected chi connectivity index (χ0v) is 15.5. The third kappa shape index (κ3) is 9.31. The first-order valence-corrected chi connectivity index (χ1v) is 8.30. The minimum Gasteiger partial charge on any atom is -0.489 e. The van der Waals surface area contributed by atoms with Crippen molar-refractivity contribution in [3.8, 4) is 5.75 Å². The lowest BCUT2D eigenvalue weighted by Crippen LogP contribution is -2.46. The molecule has 0 fully saturated rings. The number of hydrogen-bond donors (Lipinski definition) is 3. The maximum atomic E-state index is 5.86. The van der Waals surface area contributed by atoms with Gasteiger partial charge in [-0.3, -0.25) is 4.99 Å². The maximum absolute atomic E-state index is 5.86. The van der Waals surface area contributed by atoms with E-state index in [0.29, 0.717) is 11.6 Å². The van der Waals surface area contributed by atoms with Gasteiger partial charge in [-0.25, -0.2) is 0 Å². The summed E-state index contributed by atoms with van der Waals surface area (Å²) in [5.41, 5.74) is 0.125. The zero-order chi connectivity index (χ0) is 17.3. The van der Waals surface area contributed by atoms with E-state index in [1.165, 1.54) is 0 Å². The Morgan fingerprint density at radius 1 is 1.17 bits per heavy atom. The molecule has 0 aliphatic carbocycles. The number of nitrogens with one attached hydrogen (secondary N) is 3. The molecule has 0 aliphatic heterocycles. The molecule has 0 saturated carbocycles. The average Bonchev–Trinajstić information content (AvgIpc) is 2.48. The van der Waals surface area contributed by atoms with Crippen LogP contribution in [0.3, 0.4) is 0 Å². The van der Waals surface area contributed by atoms with Crippen molar-refractivity contribution in [2.24, 2.45) is 4.99 Å². The molecule has 1 aromatic rings. The fourth-order valence-electron chi connectivity index (χ4n) is 1.87. The first-order valence-electron chi connectivity index (χ1n) is 7.92. The first-order chi connectivity index (χ1) is 10.8. The molecule has 0 aliphatic rings. The molecule has 0 heterocycles. The normalized spacial score (nSPS) is 13.6. The van der Waals surface area contributed by atoms with Crippen molar-refractivity contribution in [1.82, 2.24) is 16.0 Å². The molecule has 1 atom stereocenters. The van der Waals surface area contributed by atoms with E-state index in [4.69, 9.17) is 16.3 Å². The van der Waals surface area contributed by atoms with Crippen molar-refractivity contribution >= 4 is 17.6 Å². The van der Waals surface area contributed by atoms with E-state index >= 15 is 0 Å². The van der Waals surface area contributed by atoms with Crippen molar-refractivity contribution in [1.29, 1.82) is 0 Å². The highest BCUT2D eigenvalue weighted by molar-refractivity contribution is 6.30. The highest BCUT2D eigenvalue weighted by Gasteiger charge is 2.08. The van der Waals surface area contributed by atoms with Crippen LogP contribution in [0.15, 0.2) is 29.3 Å². The molecule has 0 amide bonds. The maximum Gasteiger partial charge on any atom is 0.191 e. The summed E-state index contributed by atoms with van der Waals surface area (Å²) < 4.78 is 5.82. The molecule has 0 spiro atoms. The predicted molar refractivity (Wildman–Crippen MR) is 98.7 cm³/mol. The molecule has 1 unspecified atom stereocenters. The van der Waals surface area contributed by atoms with Gasteiger partial charge in [-0.05, 0) is 52.0 Å². The summed E-state index contributed by atoms with van der Waals surface area (Å²) in [7, 11) is 1.76. The number of ether oxygens (including phenoxy) is 1. The first kappa shape index (κ1) is 19.6. The molecule has 3 N–H and O–H groups in total. The number of nitrogens with zero attached hydrogens (tertiary/aromatic N) is 1. The van der Waals surface area contributed by atoms with Crippen LogP contribution in [0.1, 0.15) is 27.7 Å². The summed E-state index contributed by atoms with van der Waals surface area (Å²) in [5.74, 6) is 1.58. The summed E-state index contributed by atoms with van der Waals surface area (Å²) in [6.07, 6.45) is 0.0161. The van der Waals surface area contributed by atoms with Crippen LogP contribution in [-0.4, -0.2) is 44.3 Å². The number of benzene rings is 1. The number of halogens is 1. The molecule has 130 valence electrons. The Morgan fingerprint density at radius 3 is 2.39 bits per heavy atom. The molecule has 0 saturated heterocycles. The third-order valence-electron chi connectivity index (χ3n) is 3.00. The summed E-state index contributed by atoms with van der Waals surface area (Å²) in [6.45, 7) is 10.8.